The number of rotatable bonds is 11. The van der Waals surface area contributed by atoms with Crippen LogP contribution in [0.3, 0.4) is 0 Å². The van der Waals surface area contributed by atoms with Crippen LogP contribution in [0.2, 0.25) is 0 Å². The highest BCUT2D eigenvalue weighted by Gasteiger charge is 2.24. The number of benzene rings is 1. The highest BCUT2D eigenvalue weighted by atomic mass is 32.1. The Morgan fingerprint density at radius 1 is 1.08 bits per heavy atom. The van der Waals surface area contributed by atoms with E-state index in [0.717, 1.165) is 54.6 Å². The maximum atomic E-state index is 13.8. The van der Waals surface area contributed by atoms with Crippen molar-refractivity contribution >= 4 is 17.2 Å². The molecule has 1 atom stereocenters. The summed E-state index contributed by atoms with van der Waals surface area (Å²) in [5.41, 5.74) is 5.10. The minimum absolute atomic E-state index is 0.109. The van der Waals surface area contributed by atoms with Crippen LogP contribution in [0.1, 0.15) is 70.1 Å². The van der Waals surface area contributed by atoms with E-state index in [1.54, 1.807) is 11.3 Å². The molecule has 1 heterocycles. The number of hydrogen-bond acceptors (Lipinski definition) is 3. The summed E-state index contributed by atoms with van der Waals surface area (Å²) < 4.78 is 0. The molecule has 0 aliphatic heterocycles. The van der Waals surface area contributed by atoms with Gasteiger partial charge in [-0.1, -0.05) is 68.5 Å². The van der Waals surface area contributed by atoms with Gasteiger partial charge in [0.1, 0.15) is 0 Å². The molecule has 0 saturated carbocycles. The Hall–Kier alpha value is -2.87. The van der Waals surface area contributed by atoms with Gasteiger partial charge in [-0.2, -0.15) is 11.3 Å². The predicted octanol–water partition coefficient (Wildman–Crippen LogP) is 7.11. The molecule has 1 unspecified atom stereocenters. The molecule has 0 fully saturated rings. The molecular weight excluding hydrogens is 460 g/mol. The van der Waals surface area contributed by atoms with Crippen molar-refractivity contribution in [2.24, 2.45) is 5.92 Å². The molecule has 0 spiro atoms. The number of nitrogens with zero attached hydrogens (tertiary/aromatic N) is 1. The highest BCUT2D eigenvalue weighted by Crippen LogP contribution is 2.20. The minimum Gasteiger partial charge on any atom is -0.331 e. The highest BCUT2D eigenvalue weighted by molar-refractivity contribution is 7.08. The Morgan fingerprint density at radius 3 is 2.64 bits per heavy atom. The molecule has 1 aromatic heterocycles. The number of carbonyl (C=O) groups excluding carboxylic acids is 1. The second-order valence-electron chi connectivity index (χ2n) is 9.86. The molecule has 190 valence electrons. The molecule has 0 bridgehead atoms. The van der Waals surface area contributed by atoms with Gasteiger partial charge in [-0.25, -0.2) is 0 Å². The van der Waals surface area contributed by atoms with Gasteiger partial charge in [-0.05, 0) is 86.8 Å². The lowest BCUT2D eigenvalue weighted by Crippen LogP contribution is -2.41. The summed E-state index contributed by atoms with van der Waals surface area (Å²) in [7, 11) is 0. The maximum absolute atomic E-state index is 13.8. The van der Waals surface area contributed by atoms with Gasteiger partial charge in [0.05, 0.1) is 0 Å². The first-order valence-electron chi connectivity index (χ1n) is 13.2. The van der Waals surface area contributed by atoms with Crippen LogP contribution < -0.4 is 5.32 Å². The Kier molecular flexibility index (Phi) is 11.3. The summed E-state index contributed by atoms with van der Waals surface area (Å²) >= 11 is 1.65. The zero-order valence-corrected chi connectivity index (χ0v) is 23.0. The SMILES string of the molecule is CCC(CCNCCC(C)C)N(Cc1cccc(C#Cc2ccsc2)c1)C(=O)C1=CCC=C(C)C=C1. The smallest absolute Gasteiger partial charge is 0.254 e. The Morgan fingerprint density at radius 2 is 1.89 bits per heavy atom. The first-order chi connectivity index (χ1) is 17.5. The third-order valence-electron chi connectivity index (χ3n) is 6.43. The molecule has 2 aromatic rings. The Balaban J connectivity index is 1.79. The van der Waals surface area contributed by atoms with E-state index >= 15 is 0 Å². The van der Waals surface area contributed by atoms with Crippen LogP contribution in [0.5, 0.6) is 0 Å². The fraction of sp³-hybridized carbons (Fsp3) is 0.406. The van der Waals surface area contributed by atoms with E-state index < -0.39 is 0 Å². The maximum Gasteiger partial charge on any atom is 0.254 e. The molecule has 0 saturated heterocycles. The van der Waals surface area contributed by atoms with Crippen LogP contribution in [0.4, 0.5) is 0 Å². The normalized spacial score (nSPS) is 13.9. The van der Waals surface area contributed by atoms with Gasteiger partial charge in [0.2, 0.25) is 0 Å². The molecule has 1 aliphatic carbocycles. The van der Waals surface area contributed by atoms with E-state index in [9.17, 15) is 4.79 Å². The quantitative estimate of drug-likeness (QED) is 0.263. The van der Waals surface area contributed by atoms with Crippen LogP contribution in [0, 0.1) is 17.8 Å². The third-order valence-corrected chi connectivity index (χ3v) is 7.11. The fourth-order valence-electron chi connectivity index (χ4n) is 4.21. The van der Waals surface area contributed by atoms with Crippen molar-refractivity contribution in [3.63, 3.8) is 0 Å². The van der Waals surface area contributed by atoms with E-state index in [2.05, 4.69) is 79.4 Å². The largest absolute Gasteiger partial charge is 0.331 e. The van der Waals surface area contributed by atoms with Crippen molar-refractivity contribution in [3.05, 3.63) is 93.2 Å². The van der Waals surface area contributed by atoms with Gasteiger partial charge in [0.15, 0.2) is 0 Å². The number of amides is 1. The molecule has 0 radical (unpaired) electrons. The van der Waals surface area contributed by atoms with Crippen molar-refractivity contribution in [2.75, 3.05) is 13.1 Å². The standard InChI is InChI=1S/C32H40N2OS/c1-5-31(17-20-33-19-16-25(2)3)34(32(35)30-11-6-8-26(4)12-15-30)23-29-10-7-9-27(22-29)13-14-28-18-21-36-24-28/h7-12,15,18,21-22,24-25,31,33H,5-6,16-17,19-20,23H2,1-4H3. The molecular formula is C32H40N2OS. The topological polar surface area (TPSA) is 32.3 Å². The van der Waals surface area contributed by atoms with Crippen LogP contribution >= 0.6 is 11.3 Å². The first kappa shape index (κ1) is 27.7. The molecule has 36 heavy (non-hydrogen) atoms. The lowest BCUT2D eigenvalue weighted by atomic mass is 10.0. The number of thiophene rings is 1. The molecule has 1 aliphatic rings. The summed E-state index contributed by atoms with van der Waals surface area (Å²) in [6, 6.07) is 10.5. The lowest BCUT2D eigenvalue weighted by molar-refractivity contribution is -0.130. The van der Waals surface area contributed by atoms with Crippen molar-refractivity contribution < 1.29 is 4.79 Å². The zero-order valence-electron chi connectivity index (χ0n) is 22.2. The van der Waals surface area contributed by atoms with Crippen LogP contribution in [0.25, 0.3) is 0 Å². The van der Waals surface area contributed by atoms with Gasteiger partial charge in [-0.15, -0.1) is 0 Å². The monoisotopic (exact) mass is 500 g/mol. The average molecular weight is 501 g/mol. The third kappa shape index (κ3) is 8.97. The summed E-state index contributed by atoms with van der Waals surface area (Å²) in [6.07, 6.45) is 12.0. The summed E-state index contributed by atoms with van der Waals surface area (Å²) in [5.74, 6) is 7.32. The number of allylic oxidation sites excluding steroid dienone is 4. The summed E-state index contributed by atoms with van der Waals surface area (Å²) in [4.78, 5) is 15.9. The predicted molar refractivity (Wildman–Crippen MR) is 154 cm³/mol. The number of nitrogens with one attached hydrogen (secondary N) is 1. The van der Waals surface area contributed by atoms with E-state index in [1.165, 1.54) is 12.0 Å². The van der Waals surface area contributed by atoms with E-state index in [1.807, 2.05) is 35.7 Å². The molecule has 1 aromatic carbocycles. The first-order valence-corrected chi connectivity index (χ1v) is 14.1. The van der Waals surface area contributed by atoms with E-state index in [4.69, 9.17) is 0 Å². The van der Waals surface area contributed by atoms with Crippen molar-refractivity contribution in [1.29, 1.82) is 0 Å². The van der Waals surface area contributed by atoms with Gasteiger partial charge >= 0.3 is 0 Å². The second-order valence-corrected chi connectivity index (χ2v) is 10.6. The van der Waals surface area contributed by atoms with Crippen molar-refractivity contribution in [3.8, 4) is 11.8 Å². The van der Waals surface area contributed by atoms with Crippen LogP contribution in [-0.2, 0) is 11.3 Å². The number of carbonyl (C=O) groups is 1. The Bertz CT molecular complexity index is 1130. The Labute approximate surface area is 222 Å². The average Bonchev–Trinajstić information content (AvgIpc) is 3.30. The molecule has 4 heteroatoms. The second kappa shape index (κ2) is 14.6. The van der Waals surface area contributed by atoms with Crippen molar-refractivity contribution in [1.82, 2.24) is 10.2 Å². The van der Waals surface area contributed by atoms with Gasteiger partial charge in [-0.3, -0.25) is 4.79 Å². The van der Waals surface area contributed by atoms with Gasteiger partial charge in [0.25, 0.3) is 5.91 Å². The molecule has 1 N–H and O–H groups in total. The van der Waals surface area contributed by atoms with E-state index in [-0.39, 0.29) is 11.9 Å². The van der Waals surface area contributed by atoms with Crippen molar-refractivity contribution in [2.45, 2.75) is 66.0 Å². The van der Waals surface area contributed by atoms with Crippen LogP contribution in [-0.4, -0.2) is 29.9 Å². The fourth-order valence-corrected chi connectivity index (χ4v) is 4.80. The zero-order chi connectivity index (χ0) is 25.8. The van der Waals surface area contributed by atoms with E-state index in [0.29, 0.717) is 12.5 Å². The molecule has 1 amide bonds. The van der Waals surface area contributed by atoms with Gasteiger partial charge in [0, 0.05) is 34.7 Å². The van der Waals surface area contributed by atoms with Crippen LogP contribution in [0.15, 0.2) is 76.5 Å². The minimum atomic E-state index is 0.109. The molecule has 3 rings (SSSR count). The lowest BCUT2D eigenvalue weighted by Gasteiger charge is -2.32. The summed E-state index contributed by atoms with van der Waals surface area (Å²) in [6.45, 7) is 11.3. The molecule has 3 nitrogen and oxygen atoms in total. The summed E-state index contributed by atoms with van der Waals surface area (Å²) in [5, 5.41) is 7.68. The van der Waals surface area contributed by atoms with Gasteiger partial charge < -0.3 is 10.2 Å². The number of hydrogen-bond donors (Lipinski definition) is 1.